The first-order chi connectivity index (χ1) is 9.63. The maximum atomic E-state index is 3.79. The smallest absolute Gasteiger partial charge is 0.0513 e. The van der Waals surface area contributed by atoms with Gasteiger partial charge < -0.3 is 10.2 Å². The van der Waals surface area contributed by atoms with Crippen LogP contribution in [-0.4, -0.2) is 19.1 Å². The zero-order valence-electron chi connectivity index (χ0n) is 13.0. The van der Waals surface area contributed by atoms with Crippen LogP contribution in [0.3, 0.4) is 0 Å². The van der Waals surface area contributed by atoms with Crippen LogP contribution < -0.4 is 10.2 Å². The molecule has 1 aromatic rings. The topological polar surface area (TPSA) is 15.3 Å². The second-order valence-corrected chi connectivity index (χ2v) is 6.74. The number of benzene rings is 1. The van der Waals surface area contributed by atoms with Crippen LogP contribution in [0.5, 0.6) is 0 Å². The first kappa shape index (κ1) is 15.8. The highest BCUT2D eigenvalue weighted by Crippen LogP contribution is 2.33. The van der Waals surface area contributed by atoms with E-state index in [1.54, 1.807) is 0 Å². The van der Waals surface area contributed by atoms with E-state index >= 15 is 0 Å². The van der Waals surface area contributed by atoms with Crippen molar-refractivity contribution in [2.24, 2.45) is 0 Å². The maximum absolute atomic E-state index is 3.79. The quantitative estimate of drug-likeness (QED) is 0.840. The highest BCUT2D eigenvalue weighted by atomic mass is 79.9. The Morgan fingerprint density at radius 3 is 2.85 bits per heavy atom. The zero-order chi connectivity index (χ0) is 14.5. The molecule has 1 aliphatic heterocycles. The van der Waals surface area contributed by atoms with E-state index in [1.807, 2.05) is 0 Å². The molecule has 1 heterocycles. The highest BCUT2D eigenvalue weighted by molar-refractivity contribution is 9.10. The molecule has 2 rings (SSSR count). The van der Waals surface area contributed by atoms with E-state index in [-0.39, 0.29) is 0 Å². The van der Waals surface area contributed by atoms with E-state index < -0.39 is 0 Å². The molecule has 1 saturated heterocycles. The maximum Gasteiger partial charge on any atom is 0.0513 e. The molecule has 0 spiro atoms. The minimum absolute atomic E-state index is 0.409. The summed E-state index contributed by atoms with van der Waals surface area (Å²) in [5.41, 5.74) is 2.71. The number of nitrogens with one attached hydrogen (secondary N) is 1. The van der Waals surface area contributed by atoms with Crippen molar-refractivity contribution < 1.29 is 0 Å². The molecule has 2 unspecified atom stereocenters. The molecule has 0 saturated carbocycles. The van der Waals surface area contributed by atoms with Crippen molar-refractivity contribution in [2.75, 3.05) is 18.0 Å². The summed E-state index contributed by atoms with van der Waals surface area (Å²) in [6.45, 7) is 8.91. The Balaban J connectivity index is 2.20. The Morgan fingerprint density at radius 1 is 1.35 bits per heavy atom. The Morgan fingerprint density at radius 2 is 2.15 bits per heavy atom. The molecule has 1 fully saturated rings. The highest BCUT2D eigenvalue weighted by Gasteiger charge is 2.19. The van der Waals surface area contributed by atoms with Crippen LogP contribution in [0.2, 0.25) is 0 Å². The van der Waals surface area contributed by atoms with Crippen LogP contribution in [0.4, 0.5) is 5.69 Å². The van der Waals surface area contributed by atoms with Crippen molar-refractivity contribution in [3.05, 3.63) is 28.2 Å². The molecule has 1 N–H and O–H groups in total. The van der Waals surface area contributed by atoms with Gasteiger partial charge in [-0.15, -0.1) is 0 Å². The van der Waals surface area contributed by atoms with Crippen molar-refractivity contribution in [3.63, 3.8) is 0 Å². The summed E-state index contributed by atoms with van der Waals surface area (Å²) in [7, 11) is 0. The molecule has 0 aromatic heterocycles. The largest absolute Gasteiger partial charge is 0.368 e. The van der Waals surface area contributed by atoms with E-state index in [9.17, 15) is 0 Å². The molecule has 0 aliphatic carbocycles. The fourth-order valence-corrected chi connectivity index (χ4v) is 3.71. The number of rotatable bonds is 4. The van der Waals surface area contributed by atoms with E-state index in [0.717, 1.165) is 6.54 Å². The Bertz CT molecular complexity index is 433. The number of nitrogens with zero attached hydrogens (tertiary/aromatic N) is 1. The van der Waals surface area contributed by atoms with Crippen LogP contribution >= 0.6 is 15.9 Å². The summed E-state index contributed by atoms with van der Waals surface area (Å²) in [4.78, 5) is 2.57. The Kier molecular flexibility index (Phi) is 5.91. The summed E-state index contributed by atoms with van der Waals surface area (Å²) >= 11 is 3.79. The normalized spacial score (nSPS) is 21.6. The standard InChI is InChI=1S/C17H27BrN2/c1-4-19-14(3)15-9-10-17(16(18)12-15)20-11-7-5-6-8-13(20)2/h9-10,12-14,19H,4-8,11H2,1-3H3. The van der Waals surface area contributed by atoms with E-state index in [1.165, 1.54) is 48.0 Å². The third-order valence-corrected chi connectivity index (χ3v) is 4.98. The SMILES string of the molecule is CCNC(C)c1ccc(N2CCCCCC2C)c(Br)c1. The van der Waals surface area contributed by atoms with Crippen molar-refractivity contribution >= 4 is 21.6 Å². The zero-order valence-corrected chi connectivity index (χ0v) is 14.5. The van der Waals surface area contributed by atoms with E-state index in [2.05, 4.69) is 65.1 Å². The molecule has 0 amide bonds. The molecule has 2 atom stereocenters. The molecule has 3 heteroatoms. The van der Waals surface area contributed by atoms with Crippen molar-refractivity contribution in [3.8, 4) is 0 Å². The van der Waals surface area contributed by atoms with Crippen molar-refractivity contribution in [2.45, 2.75) is 58.5 Å². The van der Waals surface area contributed by atoms with Crippen LogP contribution in [-0.2, 0) is 0 Å². The predicted octanol–water partition coefficient (Wildman–Crippen LogP) is 4.89. The molecular formula is C17H27BrN2. The lowest BCUT2D eigenvalue weighted by Gasteiger charge is -2.31. The molecule has 20 heavy (non-hydrogen) atoms. The van der Waals surface area contributed by atoms with Crippen LogP contribution in [0, 0.1) is 0 Å². The summed E-state index contributed by atoms with van der Waals surface area (Å²) in [6.07, 6.45) is 5.35. The van der Waals surface area contributed by atoms with Gasteiger partial charge in [-0.25, -0.2) is 0 Å². The lowest BCUT2D eigenvalue weighted by atomic mass is 10.1. The molecule has 1 aromatic carbocycles. The average Bonchev–Trinajstić information content (AvgIpc) is 2.64. The number of hydrogen-bond donors (Lipinski definition) is 1. The molecular weight excluding hydrogens is 312 g/mol. The third-order valence-electron chi connectivity index (χ3n) is 4.34. The van der Waals surface area contributed by atoms with Gasteiger partial charge in [0.2, 0.25) is 0 Å². The van der Waals surface area contributed by atoms with Gasteiger partial charge in [-0.05, 0) is 66.9 Å². The lowest BCUT2D eigenvalue weighted by molar-refractivity contribution is 0.596. The van der Waals surface area contributed by atoms with Crippen molar-refractivity contribution in [1.29, 1.82) is 0 Å². The van der Waals surface area contributed by atoms with Gasteiger partial charge in [0, 0.05) is 23.1 Å². The van der Waals surface area contributed by atoms with Crippen LogP contribution in [0.15, 0.2) is 22.7 Å². The Hall–Kier alpha value is -0.540. The molecule has 1 aliphatic rings. The third kappa shape index (κ3) is 3.76. The van der Waals surface area contributed by atoms with Gasteiger partial charge in [0.15, 0.2) is 0 Å². The monoisotopic (exact) mass is 338 g/mol. The number of halogens is 1. The fraction of sp³-hybridized carbons (Fsp3) is 0.647. The summed E-state index contributed by atoms with van der Waals surface area (Å²) in [5.74, 6) is 0. The minimum atomic E-state index is 0.409. The van der Waals surface area contributed by atoms with Gasteiger partial charge in [0.1, 0.15) is 0 Å². The summed E-state index contributed by atoms with van der Waals surface area (Å²) in [5, 5.41) is 3.47. The van der Waals surface area contributed by atoms with E-state index in [0.29, 0.717) is 12.1 Å². The van der Waals surface area contributed by atoms with Crippen LogP contribution in [0.1, 0.15) is 58.1 Å². The second-order valence-electron chi connectivity index (χ2n) is 5.88. The molecule has 2 nitrogen and oxygen atoms in total. The van der Waals surface area contributed by atoms with Gasteiger partial charge in [-0.2, -0.15) is 0 Å². The van der Waals surface area contributed by atoms with Crippen molar-refractivity contribution in [1.82, 2.24) is 5.32 Å². The van der Waals surface area contributed by atoms with E-state index in [4.69, 9.17) is 0 Å². The summed E-state index contributed by atoms with van der Waals surface area (Å²) < 4.78 is 1.23. The van der Waals surface area contributed by atoms with Gasteiger partial charge in [0.05, 0.1) is 5.69 Å². The first-order valence-electron chi connectivity index (χ1n) is 7.93. The molecule has 0 radical (unpaired) electrons. The second kappa shape index (κ2) is 7.46. The van der Waals surface area contributed by atoms with Gasteiger partial charge in [-0.1, -0.05) is 25.8 Å². The first-order valence-corrected chi connectivity index (χ1v) is 8.72. The van der Waals surface area contributed by atoms with Crippen LogP contribution in [0.25, 0.3) is 0 Å². The Labute approximate surface area is 132 Å². The number of anilines is 1. The average molecular weight is 339 g/mol. The van der Waals surface area contributed by atoms with Gasteiger partial charge in [0.25, 0.3) is 0 Å². The number of hydrogen-bond acceptors (Lipinski definition) is 2. The summed E-state index contributed by atoms with van der Waals surface area (Å²) in [6, 6.07) is 7.89. The predicted molar refractivity (Wildman–Crippen MR) is 91.5 cm³/mol. The molecule has 112 valence electrons. The fourth-order valence-electron chi connectivity index (χ4n) is 3.08. The lowest BCUT2D eigenvalue weighted by Crippen LogP contribution is -2.32. The molecule has 0 bridgehead atoms. The minimum Gasteiger partial charge on any atom is -0.368 e. The van der Waals surface area contributed by atoms with Gasteiger partial charge in [-0.3, -0.25) is 0 Å². The van der Waals surface area contributed by atoms with Gasteiger partial charge >= 0.3 is 0 Å².